The number of methoxy groups -OCH3 is 1. The molecule has 0 heterocycles. The summed E-state index contributed by atoms with van der Waals surface area (Å²) in [5.74, 6) is -6.87. The zero-order chi connectivity index (χ0) is 14.5. The summed E-state index contributed by atoms with van der Waals surface area (Å²) in [4.78, 5) is 22.4. The van der Waals surface area contributed by atoms with Crippen LogP contribution >= 0.6 is 0 Å². The second-order valence-corrected chi connectivity index (χ2v) is 3.74. The first kappa shape index (κ1) is 15.1. The van der Waals surface area contributed by atoms with Crippen molar-refractivity contribution < 1.29 is 27.8 Å². The Morgan fingerprint density at radius 3 is 2.26 bits per heavy atom. The van der Waals surface area contributed by atoms with Crippen LogP contribution in [0, 0.1) is 0 Å². The molecule has 0 spiro atoms. The van der Waals surface area contributed by atoms with Gasteiger partial charge in [-0.3, -0.25) is 4.79 Å². The van der Waals surface area contributed by atoms with E-state index >= 15 is 0 Å². The van der Waals surface area contributed by atoms with Crippen LogP contribution in [0.15, 0.2) is 24.3 Å². The molecule has 1 aromatic carbocycles. The minimum atomic E-state index is -4.12. The predicted octanol–water partition coefficient (Wildman–Crippen LogP) is 2.01. The Hall–Kier alpha value is -1.98. The third-order valence-electron chi connectivity index (χ3n) is 2.41. The van der Waals surface area contributed by atoms with Crippen LogP contribution in [0.1, 0.15) is 12.5 Å². The third kappa shape index (κ3) is 3.74. The maximum atomic E-state index is 13.4. The van der Waals surface area contributed by atoms with E-state index in [9.17, 15) is 18.4 Å². The normalized spacial score (nSPS) is 10.9. The van der Waals surface area contributed by atoms with E-state index in [1.165, 1.54) is 26.2 Å². The first-order chi connectivity index (χ1) is 8.91. The molecule has 0 fully saturated rings. The van der Waals surface area contributed by atoms with Crippen molar-refractivity contribution in [3.8, 4) is 5.75 Å². The molecule has 1 aromatic rings. The summed E-state index contributed by atoms with van der Waals surface area (Å²) >= 11 is 0. The number of hydrogen-bond donors (Lipinski definition) is 0. The van der Waals surface area contributed by atoms with Gasteiger partial charge in [0.2, 0.25) is 5.78 Å². The zero-order valence-electron chi connectivity index (χ0n) is 10.6. The minimum absolute atomic E-state index is 0.204. The lowest BCUT2D eigenvalue weighted by molar-refractivity contribution is -0.176. The Balaban J connectivity index is 2.74. The smallest absolute Gasteiger partial charge is 0.400 e. The number of alkyl halides is 2. The molecule has 4 nitrogen and oxygen atoms in total. The molecule has 0 aromatic heterocycles. The summed E-state index contributed by atoms with van der Waals surface area (Å²) in [6.07, 6.45) is -0.546. The van der Waals surface area contributed by atoms with Crippen LogP contribution in [0.2, 0.25) is 0 Å². The molecular weight excluding hydrogens is 258 g/mol. The third-order valence-corrected chi connectivity index (χ3v) is 2.41. The minimum Gasteiger partial charge on any atom is -0.497 e. The molecule has 0 aliphatic rings. The van der Waals surface area contributed by atoms with E-state index in [1.54, 1.807) is 12.1 Å². The van der Waals surface area contributed by atoms with Gasteiger partial charge in [-0.2, -0.15) is 8.78 Å². The second-order valence-electron chi connectivity index (χ2n) is 3.74. The molecule has 0 amide bonds. The van der Waals surface area contributed by atoms with E-state index in [-0.39, 0.29) is 6.61 Å². The number of carbonyl (C=O) groups is 2. The predicted molar refractivity (Wildman–Crippen MR) is 63.3 cm³/mol. The van der Waals surface area contributed by atoms with Crippen molar-refractivity contribution in [1.29, 1.82) is 0 Å². The fourth-order valence-electron chi connectivity index (χ4n) is 1.38. The lowest BCUT2D eigenvalue weighted by Crippen LogP contribution is -2.40. The second kappa shape index (κ2) is 6.26. The molecule has 0 saturated heterocycles. The number of Topliss-reactive ketones (excluding diaryl/α,β-unsaturated/α-hetero) is 1. The van der Waals surface area contributed by atoms with Gasteiger partial charge in [-0.05, 0) is 24.6 Å². The van der Waals surface area contributed by atoms with Gasteiger partial charge in [-0.15, -0.1) is 0 Å². The Labute approximate surface area is 109 Å². The summed E-state index contributed by atoms with van der Waals surface area (Å²) in [6, 6.07) is 6.06. The lowest BCUT2D eigenvalue weighted by atomic mass is 10.0. The number of ether oxygens (including phenoxy) is 2. The van der Waals surface area contributed by atoms with Gasteiger partial charge < -0.3 is 9.47 Å². The van der Waals surface area contributed by atoms with Crippen molar-refractivity contribution in [3.05, 3.63) is 29.8 Å². The van der Waals surface area contributed by atoms with Gasteiger partial charge in [0.15, 0.2) is 0 Å². The van der Waals surface area contributed by atoms with E-state index in [0.717, 1.165) is 0 Å². The quantitative estimate of drug-likeness (QED) is 0.587. The van der Waals surface area contributed by atoms with Crippen LogP contribution in [0.5, 0.6) is 5.75 Å². The summed E-state index contributed by atoms with van der Waals surface area (Å²) in [5.41, 5.74) is 0.370. The standard InChI is InChI=1S/C13H14F2O4/c1-3-19-12(17)13(14,15)11(16)8-9-4-6-10(18-2)7-5-9/h4-7H,3,8H2,1-2H3. The molecule has 1 rings (SSSR count). The van der Waals surface area contributed by atoms with Gasteiger partial charge in [0.1, 0.15) is 5.75 Å². The van der Waals surface area contributed by atoms with E-state index in [0.29, 0.717) is 11.3 Å². The van der Waals surface area contributed by atoms with Gasteiger partial charge in [0, 0.05) is 6.42 Å². The number of hydrogen-bond acceptors (Lipinski definition) is 4. The average molecular weight is 272 g/mol. The number of carbonyl (C=O) groups excluding carboxylic acids is 2. The summed E-state index contributed by atoms with van der Waals surface area (Å²) in [6.45, 7) is 1.19. The number of rotatable bonds is 6. The summed E-state index contributed by atoms with van der Waals surface area (Å²) in [5, 5.41) is 0. The van der Waals surface area contributed by atoms with Crippen LogP contribution < -0.4 is 4.74 Å². The number of ketones is 1. The van der Waals surface area contributed by atoms with Crippen LogP contribution in [0.4, 0.5) is 8.78 Å². The average Bonchev–Trinajstić information content (AvgIpc) is 2.39. The Morgan fingerprint density at radius 1 is 1.21 bits per heavy atom. The lowest BCUT2D eigenvalue weighted by Gasteiger charge is -2.13. The van der Waals surface area contributed by atoms with Crippen molar-refractivity contribution in [2.45, 2.75) is 19.3 Å². The van der Waals surface area contributed by atoms with Gasteiger partial charge in [0.05, 0.1) is 13.7 Å². The van der Waals surface area contributed by atoms with Gasteiger partial charge in [-0.25, -0.2) is 4.79 Å². The monoisotopic (exact) mass is 272 g/mol. The van der Waals surface area contributed by atoms with E-state index < -0.39 is 24.1 Å². The highest BCUT2D eigenvalue weighted by atomic mass is 19.3. The SMILES string of the molecule is CCOC(=O)C(F)(F)C(=O)Cc1ccc(OC)cc1. The molecule has 0 saturated carbocycles. The van der Waals surface area contributed by atoms with E-state index in [4.69, 9.17) is 4.74 Å². The topological polar surface area (TPSA) is 52.6 Å². The molecule has 0 aliphatic carbocycles. The van der Waals surface area contributed by atoms with Gasteiger partial charge in [0.25, 0.3) is 0 Å². The largest absolute Gasteiger partial charge is 0.497 e. The Morgan fingerprint density at radius 2 is 1.79 bits per heavy atom. The first-order valence-electron chi connectivity index (χ1n) is 5.63. The molecule has 104 valence electrons. The van der Waals surface area contributed by atoms with Crippen LogP contribution in [-0.2, 0) is 20.7 Å². The van der Waals surface area contributed by atoms with Crippen molar-refractivity contribution in [1.82, 2.24) is 0 Å². The molecule has 19 heavy (non-hydrogen) atoms. The van der Waals surface area contributed by atoms with Crippen molar-refractivity contribution in [2.75, 3.05) is 13.7 Å². The fraction of sp³-hybridized carbons (Fsp3) is 0.385. The van der Waals surface area contributed by atoms with Gasteiger partial charge in [-0.1, -0.05) is 12.1 Å². The number of halogens is 2. The highest BCUT2D eigenvalue weighted by molar-refractivity contribution is 6.06. The summed E-state index contributed by atoms with van der Waals surface area (Å²) in [7, 11) is 1.47. The molecule has 0 bridgehead atoms. The Kier molecular flexibility index (Phi) is 4.97. The van der Waals surface area contributed by atoms with E-state index in [2.05, 4.69) is 4.74 Å². The van der Waals surface area contributed by atoms with Crippen molar-refractivity contribution in [3.63, 3.8) is 0 Å². The first-order valence-corrected chi connectivity index (χ1v) is 5.63. The van der Waals surface area contributed by atoms with E-state index in [1.807, 2.05) is 0 Å². The maximum absolute atomic E-state index is 13.4. The molecule has 0 atom stereocenters. The Bertz CT molecular complexity index is 454. The molecule has 0 N–H and O–H groups in total. The van der Waals surface area contributed by atoms with Crippen LogP contribution in [0.3, 0.4) is 0 Å². The van der Waals surface area contributed by atoms with Gasteiger partial charge >= 0.3 is 11.9 Å². The zero-order valence-corrected chi connectivity index (χ0v) is 10.6. The highest BCUT2D eigenvalue weighted by Crippen LogP contribution is 2.20. The van der Waals surface area contributed by atoms with Crippen molar-refractivity contribution >= 4 is 11.8 Å². The van der Waals surface area contributed by atoms with Crippen molar-refractivity contribution in [2.24, 2.45) is 0 Å². The molecule has 6 heteroatoms. The molecule has 0 radical (unpaired) electrons. The summed E-state index contributed by atoms with van der Waals surface area (Å²) < 4.78 is 35.8. The van der Waals surface area contributed by atoms with Crippen LogP contribution in [0.25, 0.3) is 0 Å². The maximum Gasteiger partial charge on any atom is 0.400 e. The van der Waals surface area contributed by atoms with Crippen LogP contribution in [-0.4, -0.2) is 31.4 Å². The highest BCUT2D eigenvalue weighted by Gasteiger charge is 2.48. The number of esters is 1. The molecule has 0 aliphatic heterocycles. The molecule has 0 unspecified atom stereocenters. The number of benzene rings is 1. The molecular formula is C13H14F2O4. The fourth-order valence-corrected chi connectivity index (χ4v) is 1.38.